The fraction of sp³-hybridized carbons (Fsp3) is 0.118. The Morgan fingerprint density at radius 1 is 1.14 bits per heavy atom. The van der Waals surface area contributed by atoms with E-state index in [1.165, 1.54) is 24.1 Å². The molecule has 0 aliphatic heterocycles. The van der Waals surface area contributed by atoms with E-state index in [4.69, 9.17) is 4.42 Å². The zero-order valence-electron chi connectivity index (χ0n) is 11.6. The first kappa shape index (κ1) is 13.2. The number of methoxy groups -OCH3 is 1. The van der Waals surface area contributed by atoms with E-state index in [9.17, 15) is 4.79 Å². The molecule has 0 radical (unpaired) electrons. The quantitative estimate of drug-likeness (QED) is 0.738. The maximum absolute atomic E-state index is 11.3. The molecule has 0 atom stereocenters. The second-order valence-corrected chi connectivity index (χ2v) is 4.71. The van der Waals surface area contributed by atoms with Crippen molar-refractivity contribution in [3.63, 3.8) is 0 Å². The molecular weight excluding hydrogens is 266 g/mol. The van der Waals surface area contributed by atoms with Crippen LogP contribution in [0.1, 0.15) is 16.1 Å². The van der Waals surface area contributed by atoms with E-state index in [2.05, 4.69) is 34.3 Å². The zero-order chi connectivity index (χ0) is 14.7. The van der Waals surface area contributed by atoms with Crippen LogP contribution in [-0.4, -0.2) is 13.1 Å². The number of ether oxygens (including phenoxy) is 1. The molecule has 1 heterocycles. The molecule has 0 saturated carbocycles. The Labute approximate surface area is 122 Å². The van der Waals surface area contributed by atoms with Gasteiger partial charge in [0.05, 0.1) is 19.2 Å². The van der Waals surface area contributed by atoms with Crippen molar-refractivity contribution in [3.8, 4) is 0 Å². The third kappa shape index (κ3) is 2.89. The largest absolute Gasteiger partial charge is 0.467 e. The summed E-state index contributed by atoms with van der Waals surface area (Å²) in [5, 5.41) is 5.66. The van der Waals surface area contributed by atoms with Crippen LogP contribution >= 0.6 is 0 Å². The third-order valence-corrected chi connectivity index (χ3v) is 3.29. The Bertz CT molecular complexity index is 776. The van der Waals surface area contributed by atoms with Crippen molar-refractivity contribution in [2.24, 2.45) is 0 Å². The van der Waals surface area contributed by atoms with E-state index in [-0.39, 0.29) is 0 Å². The van der Waals surface area contributed by atoms with Crippen molar-refractivity contribution in [1.82, 2.24) is 0 Å². The molecule has 21 heavy (non-hydrogen) atoms. The van der Waals surface area contributed by atoms with Gasteiger partial charge in [0, 0.05) is 5.69 Å². The lowest BCUT2D eigenvalue weighted by atomic mass is 10.1. The van der Waals surface area contributed by atoms with Crippen molar-refractivity contribution in [2.45, 2.75) is 6.54 Å². The Hall–Kier alpha value is -2.75. The molecule has 0 spiro atoms. The maximum Gasteiger partial charge on any atom is 0.341 e. The Morgan fingerprint density at radius 3 is 2.76 bits per heavy atom. The van der Waals surface area contributed by atoms with Crippen molar-refractivity contribution in [2.75, 3.05) is 12.4 Å². The first-order valence-electron chi connectivity index (χ1n) is 6.64. The minimum Gasteiger partial charge on any atom is -0.467 e. The van der Waals surface area contributed by atoms with Gasteiger partial charge in [0.2, 0.25) is 0 Å². The Morgan fingerprint density at radius 2 is 1.95 bits per heavy atom. The number of carbonyl (C=O) groups is 1. The number of esters is 1. The minimum atomic E-state index is -0.393. The van der Waals surface area contributed by atoms with Crippen LogP contribution in [0.2, 0.25) is 0 Å². The van der Waals surface area contributed by atoms with Crippen LogP contribution in [0.15, 0.2) is 59.2 Å². The molecule has 0 aliphatic carbocycles. The highest BCUT2D eigenvalue weighted by molar-refractivity contribution is 5.89. The van der Waals surface area contributed by atoms with E-state index in [0.29, 0.717) is 17.9 Å². The molecule has 0 amide bonds. The van der Waals surface area contributed by atoms with E-state index in [0.717, 1.165) is 5.69 Å². The lowest BCUT2D eigenvalue weighted by Gasteiger charge is -2.05. The summed E-state index contributed by atoms with van der Waals surface area (Å²) in [6, 6.07) is 16.0. The van der Waals surface area contributed by atoms with Gasteiger partial charge in [0.1, 0.15) is 12.0 Å². The average Bonchev–Trinajstić information content (AvgIpc) is 3.01. The van der Waals surface area contributed by atoms with Gasteiger partial charge in [-0.15, -0.1) is 0 Å². The molecule has 1 aromatic heterocycles. The Kier molecular flexibility index (Phi) is 3.60. The van der Waals surface area contributed by atoms with Crippen LogP contribution in [0.4, 0.5) is 5.69 Å². The van der Waals surface area contributed by atoms with E-state index < -0.39 is 5.97 Å². The topological polar surface area (TPSA) is 51.5 Å². The van der Waals surface area contributed by atoms with E-state index >= 15 is 0 Å². The minimum absolute atomic E-state index is 0.393. The van der Waals surface area contributed by atoms with Gasteiger partial charge >= 0.3 is 5.97 Å². The fourth-order valence-corrected chi connectivity index (χ4v) is 2.19. The van der Waals surface area contributed by atoms with Crippen LogP contribution in [-0.2, 0) is 11.3 Å². The molecule has 2 aromatic carbocycles. The molecule has 0 saturated heterocycles. The third-order valence-electron chi connectivity index (χ3n) is 3.29. The number of fused-ring (bicyclic) bond motifs is 1. The summed E-state index contributed by atoms with van der Waals surface area (Å²) in [6.45, 7) is 0.509. The highest BCUT2D eigenvalue weighted by atomic mass is 16.5. The number of rotatable bonds is 4. The SMILES string of the molecule is COC(=O)c1coc(CNc2ccc3ccccc3c2)c1. The van der Waals surface area contributed by atoms with Crippen LogP contribution < -0.4 is 5.32 Å². The second-order valence-electron chi connectivity index (χ2n) is 4.71. The number of benzene rings is 2. The van der Waals surface area contributed by atoms with Gasteiger partial charge in [0.15, 0.2) is 0 Å². The van der Waals surface area contributed by atoms with E-state index in [1.807, 2.05) is 18.2 Å². The lowest BCUT2D eigenvalue weighted by molar-refractivity contribution is 0.0600. The molecule has 4 nitrogen and oxygen atoms in total. The molecule has 0 aliphatic rings. The Balaban J connectivity index is 1.71. The first-order valence-corrected chi connectivity index (χ1v) is 6.64. The van der Waals surface area contributed by atoms with Crippen LogP contribution in [0.5, 0.6) is 0 Å². The number of anilines is 1. The molecule has 3 rings (SSSR count). The van der Waals surface area contributed by atoms with Crippen molar-refractivity contribution in [3.05, 3.63) is 66.1 Å². The van der Waals surface area contributed by atoms with Gasteiger partial charge in [-0.3, -0.25) is 0 Å². The highest BCUT2D eigenvalue weighted by Crippen LogP contribution is 2.19. The molecule has 106 valence electrons. The molecule has 1 N–H and O–H groups in total. The molecule has 3 aromatic rings. The molecule has 4 heteroatoms. The average molecular weight is 281 g/mol. The number of hydrogen-bond donors (Lipinski definition) is 1. The summed E-state index contributed by atoms with van der Waals surface area (Å²) in [7, 11) is 1.35. The number of hydrogen-bond acceptors (Lipinski definition) is 4. The monoisotopic (exact) mass is 281 g/mol. The highest BCUT2D eigenvalue weighted by Gasteiger charge is 2.09. The zero-order valence-corrected chi connectivity index (χ0v) is 11.6. The van der Waals surface area contributed by atoms with Crippen molar-refractivity contribution >= 4 is 22.4 Å². The molecular formula is C17H15NO3. The summed E-state index contributed by atoms with van der Waals surface area (Å²) >= 11 is 0. The number of furan rings is 1. The van der Waals surface area contributed by atoms with Gasteiger partial charge in [-0.25, -0.2) is 4.79 Å². The van der Waals surface area contributed by atoms with Crippen LogP contribution in [0, 0.1) is 0 Å². The van der Waals surface area contributed by atoms with E-state index in [1.54, 1.807) is 6.07 Å². The summed E-state index contributed by atoms with van der Waals surface area (Å²) < 4.78 is 9.97. The standard InChI is InChI=1S/C17H15NO3/c1-20-17(19)14-9-16(21-11-14)10-18-15-7-6-12-4-2-3-5-13(12)8-15/h2-9,11,18H,10H2,1H3. The van der Waals surface area contributed by atoms with Gasteiger partial charge < -0.3 is 14.5 Å². The summed E-state index contributed by atoms with van der Waals surface area (Å²) in [6.07, 6.45) is 1.41. The number of carbonyl (C=O) groups excluding carboxylic acids is 1. The van der Waals surface area contributed by atoms with Gasteiger partial charge in [0.25, 0.3) is 0 Å². The van der Waals surface area contributed by atoms with Gasteiger partial charge in [-0.1, -0.05) is 30.3 Å². The predicted molar refractivity (Wildman–Crippen MR) is 81.3 cm³/mol. The van der Waals surface area contributed by atoms with Crippen LogP contribution in [0.3, 0.4) is 0 Å². The summed E-state index contributed by atoms with van der Waals surface area (Å²) in [4.78, 5) is 11.3. The molecule has 0 fully saturated rings. The number of nitrogens with one attached hydrogen (secondary N) is 1. The molecule has 0 bridgehead atoms. The smallest absolute Gasteiger partial charge is 0.341 e. The first-order chi connectivity index (χ1) is 10.3. The normalized spacial score (nSPS) is 10.5. The lowest BCUT2D eigenvalue weighted by Crippen LogP contribution is -2.00. The van der Waals surface area contributed by atoms with Gasteiger partial charge in [-0.05, 0) is 29.0 Å². The summed E-state index contributed by atoms with van der Waals surface area (Å²) in [5.74, 6) is 0.291. The summed E-state index contributed by atoms with van der Waals surface area (Å²) in [5.41, 5.74) is 1.43. The maximum atomic E-state index is 11.3. The van der Waals surface area contributed by atoms with Crippen molar-refractivity contribution < 1.29 is 13.9 Å². The van der Waals surface area contributed by atoms with Gasteiger partial charge in [-0.2, -0.15) is 0 Å². The molecule has 0 unspecified atom stereocenters. The second kappa shape index (κ2) is 5.71. The fourth-order valence-electron chi connectivity index (χ4n) is 2.19. The van der Waals surface area contributed by atoms with Crippen LogP contribution in [0.25, 0.3) is 10.8 Å². The van der Waals surface area contributed by atoms with Crippen molar-refractivity contribution in [1.29, 1.82) is 0 Å². The predicted octanol–water partition coefficient (Wildman–Crippen LogP) is 3.83.